The Morgan fingerprint density at radius 1 is 1.15 bits per heavy atom. The van der Waals surface area contributed by atoms with E-state index in [1.54, 1.807) is 12.1 Å². The van der Waals surface area contributed by atoms with E-state index in [2.05, 4.69) is 33.0 Å². The molecule has 0 atom stereocenters. The molecule has 0 saturated heterocycles. The summed E-state index contributed by atoms with van der Waals surface area (Å²) in [5.74, 6) is 1.21. The second kappa shape index (κ2) is 10.8. The summed E-state index contributed by atoms with van der Waals surface area (Å²) in [7, 11) is 0. The molecule has 0 saturated carbocycles. The summed E-state index contributed by atoms with van der Waals surface area (Å²) in [6, 6.07) is 5.34. The summed E-state index contributed by atoms with van der Waals surface area (Å²) >= 11 is 6.29. The van der Waals surface area contributed by atoms with E-state index in [1.807, 2.05) is 19.9 Å². The lowest BCUT2D eigenvalue weighted by molar-refractivity contribution is -0.146. The van der Waals surface area contributed by atoms with Gasteiger partial charge in [0.05, 0.1) is 11.6 Å². The molecule has 1 amide bonds. The van der Waals surface area contributed by atoms with Gasteiger partial charge in [-0.2, -0.15) is 0 Å². The van der Waals surface area contributed by atoms with Crippen molar-refractivity contribution in [2.45, 2.75) is 66.4 Å². The first kappa shape index (κ1) is 22.8. The quantitative estimate of drug-likeness (QED) is 0.514. The number of benzene rings is 1. The van der Waals surface area contributed by atoms with Crippen LogP contribution in [0.25, 0.3) is 0 Å². The summed E-state index contributed by atoms with van der Waals surface area (Å²) in [5, 5.41) is 3.49. The molecule has 0 aliphatic heterocycles. The predicted octanol–water partition coefficient (Wildman–Crippen LogP) is 5.93. The average molecular weight is 384 g/mol. The highest BCUT2D eigenvalue weighted by Crippen LogP contribution is 2.32. The summed E-state index contributed by atoms with van der Waals surface area (Å²) in [6.45, 7) is 13.5. The van der Waals surface area contributed by atoms with Crippen LogP contribution in [0.4, 0.5) is 5.69 Å². The maximum absolute atomic E-state index is 13.2. The molecule has 148 valence electrons. The van der Waals surface area contributed by atoms with Crippen LogP contribution in [0.5, 0.6) is 5.75 Å². The van der Waals surface area contributed by atoms with Crippen molar-refractivity contribution in [1.82, 2.24) is 0 Å². The summed E-state index contributed by atoms with van der Waals surface area (Å²) in [6.07, 6.45) is 2.27. The average Bonchev–Trinajstić information content (AvgIpc) is 2.53. The van der Waals surface area contributed by atoms with E-state index in [0.717, 1.165) is 6.42 Å². The molecule has 0 heterocycles. The molecule has 0 unspecified atom stereocenters. The number of ether oxygens (including phenoxy) is 2. The van der Waals surface area contributed by atoms with E-state index >= 15 is 0 Å². The largest absolute Gasteiger partial charge is 0.492 e. The highest BCUT2D eigenvalue weighted by atomic mass is 35.5. The van der Waals surface area contributed by atoms with Crippen molar-refractivity contribution in [1.29, 1.82) is 0 Å². The minimum atomic E-state index is -0.832. The Bertz CT molecular complexity index is 562. The zero-order chi connectivity index (χ0) is 19.7. The maximum Gasteiger partial charge on any atom is 0.256 e. The first-order valence-corrected chi connectivity index (χ1v) is 9.99. The predicted molar refractivity (Wildman–Crippen MR) is 109 cm³/mol. The number of nitrogens with one attached hydrogen (secondary N) is 1. The standard InChI is InChI=1S/C21H34ClNO3/c1-7-11-25-19-10-9-17(12-18(19)22)23-20(24)21(26-8-2,13-15(3)4)14-16(5)6/h9-10,12,15-16H,7-8,11,13-14H2,1-6H3,(H,23,24). The van der Waals surface area contributed by atoms with Gasteiger partial charge >= 0.3 is 0 Å². The van der Waals surface area contributed by atoms with Gasteiger partial charge in [0, 0.05) is 12.3 Å². The molecule has 1 aromatic carbocycles. The van der Waals surface area contributed by atoms with Crippen molar-refractivity contribution in [2.24, 2.45) is 11.8 Å². The second-order valence-corrected chi connectivity index (χ2v) is 7.98. The first-order valence-electron chi connectivity index (χ1n) is 9.61. The van der Waals surface area contributed by atoms with E-state index in [1.165, 1.54) is 0 Å². The van der Waals surface area contributed by atoms with Crippen LogP contribution in [0.1, 0.15) is 60.8 Å². The molecule has 0 radical (unpaired) electrons. The first-order chi connectivity index (χ1) is 12.2. The maximum atomic E-state index is 13.2. The van der Waals surface area contributed by atoms with Gasteiger partial charge in [-0.25, -0.2) is 0 Å². The fraction of sp³-hybridized carbons (Fsp3) is 0.667. The normalized spacial score (nSPS) is 11.9. The summed E-state index contributed by atoms with van der Waals surface area (Å²) in [4.78, 5) is 13.2. The molecule has 0 bridgehead atoms. The van der Waals surface area contributed by atoms with E-state index in [4.69, 9.17) is 21.1 Å². The van der Waals surface area contributed by atoms with Gasteiger partial charge in [-0.1, -0.05) is 46.2 Å². The van der Waals surface area contributed by atoms with Crippen molar-refractivity contribution >= 4 is 23.2 Å². The number of rotatable bonds is 11. The van der Waals surface area contributed by atoms with Crippen LogP contribution >= 0.6 is 11.6 Å². The molecule has 5 heteroatoms. The smallest absolute Gasteiger partial charge is 0.256 e. The van der Waals surface area contributed by atoms with Gasteiger partial charge in [-0.15, -0.1) is 0 Å². The second-order valence-electron chi connectivity index (χ2n) is 7.57. The number of hydrogen-bond donors (Lipinski definition) is 1. The minimum absolute atomic E-state index is 0.111. The van der Waals surface area contributed by atoms with E-state index < -0.39 is 5.60 Å². The third kappa shape index (κ3) is 6.81. The van der Waals surface area contributed by atoms with Crippen molar-refractivity contribution in [3.05, 3.63) is 23.2 Å². The Morgan fingerprint density at radius 2 is 1.77 bits per heavy atom. The van der Waals surface area contributed by atoms with Crippen molar-refractivity contribution in [3.63, 3.8) is 0 Å². The van der Waals surface area contributed by atoms with Crippen molar-refractivity contribution in [3.8, 4) is 5.75 Å². The SMILES string of the molecule is CCCOc1ccc(NC(=O)C(CC(C)C)(CC(C)C)OCC)cc1Cl. The van der Waals surface area contributed by atoms with Crippen molar-refractivity contribution < 1.29 is 14.3 Å². The Hall–Kier alpha value is -1.26. The van der Waals surface area contributed by atoms with Gasteiger partial charge in [0.1, 0.15) is 11.4 Å². The minimum Gasteiger partial charge on any atom is -0.492 e. The van der Waals surface area contributed by atoms with Gasteiger partial charge in [0.15, 0.2) is 0 Å². The zero-order valence-corrected chi connectivity index (χ0v) is 17.8. The number of halogens is 1. The van der Waals surface area contributed by atoms with Gasteiger partial charge in [0.2, 0.25) is 0 Å². The molecule has 4 nitrogen and oxygen atoms in total. The molecule has 0 aromatic heterocycles. The van der Waals surface area contributed by atoms with Crippen LogP contribution in [0.15, 0.2) is 18.2 Å². The summed E-state index contributed by atoms with van der Waals surface area (Å²) in [5.41, 5.74) is -0.179. The third-order valence-corrected chi connectivity index (χ3v) is 4.26. The lowest BCUT2D eigenvalue weighted by Crippen LogP contribution is -2.47. The van der Waals surface area contributed by atoms with E-state index in [9.17, 15) is 4.79 Å². The molecular weight excluding hydrogens is 350 g/mol. The van der Waals surface area contributed by atoms with Gasteiger partial charge in [-0.05, 0) is 56.2 Å². The number of anilines is 1. The molecule has 1 N–H and O–H groups in total. The van der Waals surface area contributed by atoms with E-state index in [0.29, 0.717) is 54.4 Å². The van der Waals surface area contributed by atoms with Gasteiger partial charge in [0.25, 0.3) is 5.91 Å². The zero-order valence-electron chi connectivity index (χ0n) is 17.0. The monoisotopic (exact) mass is 383 g/mol. The fourth-order valence-electron chi connectivity index (χ4n) is 3.20. The molecule has 0 aliphatic rings. The van der Waals surface area contributed by atoms with Crippen LogP contribution in [-0.2, 0) is 9.53 Å². The molecule has 0 fully saturated rings. The Kier molecular flexibility index (Phi) is 9.45. The van der Waals surface area contributed by atoms with Crippen LogP contribution in [-0.4, -0.2) is 24.7 Å². The number of amides is 1. The van der Waals surface area contributed by atoms with Crippen LogP contribution in [0.2, 0.25) is 5.02 Å². The Balaban J connectivity index is 3.02. The van der Waals surface area contributed by atoms with Crippen LogP contribution in [0, 0.1) is 11.8 Å². The molecule has 26 heavy (non-hydrogen) atoms. The lowest BCUT2D eigenvalue weighted by atomic mass is 9.83. The van der Waals surface area contributed by atoms with Crippen molar-refractivity contribution in [2.75, 3.05) is 18.5 Å². The summed E-state index contributed by atoms with van der Waals surface area (Å²) < 4.78 is 11.6. The van der Waals surface area contributed by atoms with E-state index in [-0.39, 0.29) is 5.91 Å². The molecule has 0 spiro atoms. The molecule has 1 rings (SSSR count). The topological polar surface area (TPSA) is 47.6 Å². The highest BCUT2D eigenvalue weighted by molar-refractivity contribution is 6.32. The number of carbonyl (C=O) groups excluding carboxylic acids is 1. The molecule has 1 aromatic rings. The van der Waals surface area contributed by atoms with Crippen LogP contribution in [0.3, 0.4) is 0 Å². The number of carbonyl (C=O) groups is 1. The number of hydrogen-bond acceptors (Lipinski definition) is 3. The third-order valence-electron chi connectivity index (χ3n) is 3.96. The van der Waals surface area contributed by atoms with Gasteiger partial charge in [-0.3, -0.25) is 4.79 Å². The van der Waals surface area contributed by atoms with Gasteiger partial charge < -0.3 is 14.8 Å². The highest BCUT2D eigenvalue weighted by Gasteiger charge is 2.40. The Labute approximate surface area is 163 Å². The lowest BCUT2D eigenvalue weighted by Gasteiger charge is -2.35. The fourth-order valence-corrected chi connectivity index (χ4v) is 3.44. The molecular formula is C21H34ClNO3. The Morgan fingerprint density at radius 3 is 2.23 bits per heavy atom. The van der Waals surface area contributed by atoms with Crippen LogP contribution < -0.4 is 10.1 Å². The molecule has 0 aliphatic carbocycles.